The lowest BCUT2D eigenvalue weighted by Gasteiger charge is -2.09. The van der Waals surface area contributed by atoms with Gasteiger partial charge in [-0.15, -0.1) is 0 Å². The average molecular weight is 304 g/mol. The summed E-state index contributed by atoms with van der Waals surface area (Å²) in [4.78, 5) is 22.9. The zero-order chi connectivity index (χ0) is 15.5. The molecule has 6 nitrogen and oxygen atoms in total. The van der Waals surface area contributed by atoms with Crippen molar-refractivity contribution in [1.29, 1.82) is 0 Å². The number of carbonyl (C=O) groups excluding carboxylic acids is 2. The van der Waals surface area contributed by atoms with Crippen LogP contribution in [0.4, 0.5) is 4.39 Å². The van der Waals surface area contributed by atoms with Gasteiger partial charge in [-0.05, 0) is 30.7 Å². The van der Waals surface area contributed by atoms with Gasteiger partial charge in [0.05, 0.1) is 6.04 Å². The van der Waals surface area contributed by atoms with E-state index in [-0.39, 0.29) is 30.1 Å². The largest absolute Gasteiger partial charge is 0.459 e. The molecule has 2 heterocycles. The Balaban J connectivity index is 1.61. The molecule has 1 aromatic heterocycles. The van der Waals surface area contributed by atoms with Crippen LogP contribution in [-0.4, -0.2) is 29.7 Å². The Hall–Kier alpha value is -2.70. The molecule has 2 aromatic rings. The predicted octanol–water partition coefficient (Wildman–Crippen LogP) is 1.92. The van der Waals surface area contributed by atoms with Crippen LogP contribution in [0.1, 0.15) is 23.3 Å². The zero-order valence-electron chi connectivity index (χ0n) is 11.5. The fraction of sp³-hybridized carbons (Fsp3) is 0.267. The van der Waals surface area contributed by atoms with Gasteiger partial charge in [0.2, 0.25) is 5.91 Å². The van der Waals surface area contributed by atoms with Crippen molar-refractivity contribution in [2.24, 2.45) is 0 Å². The van der Waals surface area contributed by atoms with E-state index in [2.05, 4.69) is 10.5 Å². The summed E-state index contributed by atoms with van der Waals surface area (Å²) in [6.07, 6.45) is 1.09. The van der Waals surface area contributed by atoms with Crippen molar-refractivity contribution in [2.45, 2.75) is 18.9 Å². The fourth-order valence-corrected chi connectivity index (χ4v) is 2.17. The lowest BCUT2D eigenvalue weighted by Crippen LogP contribution is -2.30. The predicted molar refractivity (Wildman–Crippen MR) is 73.3 cm³/mol. The molecule has 0 aliphatic carbocycles. The van der Waals surface area contributed by atoms with Gasteiger partial charge in [0, 0.05) is 18.1 Å². The van der Waals surface area contributed by atoms with Crippen molar-refractivity contribution in [3.8, 4) is 11.3 Å². The van der Waals surface area contributed by atoms with Gasteiger partial charge in [0.1, 0.15) is 12.4 Å². The number of nitrogens with zero attached hydrogens (tertiary/aromatic N) is 1. The van der Waals surface area contributed by atoms with Crippen LogP contribution >= 0.6 is 0 Å². The Kier molecular flexibility index (Phi) is 3.86. The first-order valence-corrected chi connectivity index (χ1v) is 6.81. The molecule has 0 bridgehead atoms. The van der Waals surface area contributed by atoms with E-state index in [4.69, 9.17) is 9.26 Å². The number of hydrogen-bond donors (Lipinski definition) is 1. The van der Waals surface area contributed by atoms with Gasteiger partial charge in [0.15, 0.2) is 11.5 Å². The number of ether oxygens (including phenoxy) is 1. The van der Waals surface area contributed by atoms with Gasteiger partial charge in [-0.3, -0.25) is 4.79 Å². The maximum Gasteiger partial charge on any atom is 0.360 e. The topological polar surface area (TPSA) is 81.4 Å². The summed E-state index contributed by atoms with van der Waals surface area (Å²) in [7, 11) is 0. The first kappa shape index (κ1) is 14.2. The van der Waals surface area contributed by atoms with Crippen LogP contribution in [0.25, 0.3) is 11.3 Å². The molecule has 0 radical (unpaired) electrons. The van der Waals surface area contributed by atoms with Crippen LogP contribution in [0.2, 0.25) is 0 Å². The first-order chi connectivity index (χ1) is 10.6. The van der Waals surface area contributed by atoms with E-state index in [1.54, 1.807) is 0 Å². The minimum absolute atomic E-state index is 0.0312. The second-order valence-corrected chi connectivity index (χ2v) is 4.98. The molecule has 22 heavy (non-hydrogen) atoms. The molecule has 1 fully saturated rings. The second-order valence-electron chi connectivity index (χ2n) is 4.98. The molecule has 1 aliphatic rings. The van der Waals surface area contributed by atoms with Crippen LogP contribution in [0.15, 0.2) is 34.9 Å². The number of aromatic nitrogens is 1. The molecular formula is C15H13FN2O4. The fourth-order valence-electron chi connectivity index (χ4n) is 2.17. The number of rotatable bonds is 4. The maximum atomic E-state index is 12.9. The van der Waals surface area contributed by atoms with Crippen LogP contribution in [-0.2, 0) is 9.53 Å². The number of halogens is 1. The van der Waals surface area contributed by atoms with E-state index < -0.39 is 5.97 Å². The molecule has 0 saturated carbocycles. The highest BCUT2D eigenvalue weighted by Gasteiger charge is 2.23. The summed E-state index contributed by atoms with van der Waals surface area (Å²) in [6, 6.07) is 6.91. The molecule has 114 valence electrons. The molecule has 3 rings (SSSR count). The Morgan fingerprint density at radius 1 is 1.41 bits per heavy atom. The Morgan fingerprint density at radius 3 is 2.86 bits per heavy atom. The van der Waals surface area contributed by atoms with Crippen molar-refractivity contribution in [3.63, 3.8) is 0 Å². The lowest BCUT2D eigenvalue weighted by atomic mass is 10.1. The highest BCUT2D eigenvalue weighted by molar-refractivity contribution is 5.88. The van der Waals surface area contributed by atoms with E-state index in [9.17, 15) is 14.0 Å². The van der Waals surface area contributed by atoms with Crippen molar-refractivity contribution in [2.75, 3.05) is 6.61 Å². The number of nitrogens with one attached hydrogen (secondary N) is 1. The normalized spacial score (nSPS) is 17.3. The minimum atomic E-state index is -0.627. The zero-order valence-corrected chi connectivity index (χ0v) is 11.5. The summed E-state index contributed by atoms with van der Waals surface area (Å²) in [5, 5.41) is 6.35. The van der Waals surface area contributed by atoms with E-state index in [0.29, 0.717) is 24.2 Å². The number of esters is 1. The van der Waals surface area contributed by atoms with Crippen LogP contribution in [0, 0.1) is 5.82 Å². The summed E-state index contributed by atoms with van der Waals surface area (Å²) < 4.78 is 23.0. The maximum absolute atomic E-state index is 12.9. The SMILES string of the molecule is O=C1CC[C@@H](COC(=O)c2cc(-c3ccc(F)cc3)on2)N1. The summed E-state index contributed by atoms with van der Waals surface area (Å²) in [5.41, 5.74) is 0.639. The van der Waals surface area contributed by atoms with Crippen LogP contribution < -0.4 is 5.32 Å². The standard InChI is InChI=1S/C15H13FN2O4/c16-10-3-1-9(2-4-10)13-7-12(18-22-13)15(20)21-8-11-5-6-14(19)17-11/h1-4,7,11H,5-6,8H2,(H,17,19)/t11-/m0/s1. The van der Waals surface area contributed by atoms with Gasteiger partial charge in [-0.1, -0.05) is 5.16 Å². The van der Waals surface area contributed by atoms with E-state index in [0.717, 1.165) is 0 Å². The highest BCUT2D eigenvalue weighted by atomic mass is 19.1. The highest BCUT2D eigenvalue weighted by Crippen LogP contribution is 2.21. The molecule has 1 N–H and O–H groups in total. The molecule has 7 heteroatoms. The lowest BCUT2D eigenvalue weighted by molar-refractivity contribution is -0.119. The molecular weight excluding hydrogens is 291 g/mol. The third-order valence-corrected chi connectivity index (χ3v) is 3.35. The smallest absolute Gasteiger partial charge is 0.360 e. The number of benzene rings is 1. The minimum Gasteiger partial charge on any atom is -0.459 e. The van der Waals surface area contributed by atoms with Crippen LogP contribution in [0.5, 0.6) is 0 Å². The van der Waals surface area contributed by atoms with Crippen molar-refractivity contribution in [1.82, 2.24) is 10.5 Å². The van der Waals surface area contributed by atoms with Crippen molar-refractivity contribution in [3.05, 3.63) is 41.8 Å². The van der Waals surface area contributed by atoms with Gasteiger partial charge >= 0.3 is 5.97 Å². The van der Waals surface area contributed by atoms with Crippen LogP contribution in [0.3, 0.4) is 0 Å². The molecule has 0 spiro atoms. The molecule has 1 atom stereocenters. The average Bonchev–Trinajstić information content (AvgIpc) is 3.15. The van der Waals surface area contributed by atoms with Gasteiger partial charge in [-0.2, -0.15) is 0 Å². The molecule has 1 saturated heterocycles. The number of hydrogen-bond acceptors (Lipinski definition) is 5. The summed E-state index contributed by atoms with van der Waals surface area (Å²) in [6.45, 7) is 0.101. The summed E-state index contributed by atoms with van der Waals surface area (Å²) >= 11 is 0. The number of amides is 1. The Labute approximate surface area is 125 Å². The Morgan fingerprint density at radius 2 is 2.18 bits per heavy atom. The van der Waals surface area contributed by atoms with E-state index in [1.165, 1.54) is 30.3 Å². The molecule has 1 aliphatic heterocycles. The quantitative estimate of drug-likeness (QED) is 0.873. The second kappa shape index (κ2) is 5.97. The third-order valence-electron chi connectivity index (χ3n) is 3.35. The number of carbonyl (C=O) groups is 2. The third kappa shape index (κ3) is 3.13. The van der Waals surface area contributed by atoms with E-state index >= 15 is 0 Å². The van der Waals surface area contributed by atoms with Gasteiger partial charge in [-0.25, -0.2) is 9.18 Å². The summed E-state index contributed by atoms with van der Waals surface area (Å²) in [5.74, 6) is -0.679. The van der Waals surface area contributed by atoms with Crippen molar-refractivity contribution >= 4 is 11.9 Å². The van der Waals surface area contributed by atoms with Crippen molar-refractivity contribution < 1.29 is 23.2 Å². The monoisotopic (exact) mass is 304 g/mol. The van der Waals surface area contributed by atoms with Gasteiger partial charge in [0.25, 0.3) is 0 Å². The molecule has 1 aromatic carbocycles. The van der Waals surface area contributed by atoms with Gasteiger partial charge < -0.3 is 14.6 Å². The van der Waals surface area contributed by atoms with E-state index in [1.807, 2.05) is 0 Å². The molecule has 0 unspecified atom stereocenters. The first-order valence-electron chi connectivity index (χ1n) is 6.81. The Bertz CT molecular complexity index is 696. The molecule has 1 amide bonds.